The molecule has 2 aromatic heterocycles. The summed E-state index contributed by atoms with van der Waals surface area (Å²) in [5.74, 6) is 0.533. The minimum atomic E-state index is -0.426. The number of thiazole rings is 1. The first-order valence-electron chi connectivity index (χ1n) is 6.22. The van der Waals surface area contributed by atoms with E-state index in [0.717, 1.165) is 0 Å². The topological polar surface area (TPSA) is 64.1 Å². The summed E-state index contributed by atoms with van der Waals surface area (Å²) in [7, 11) is 0. The van der Waals surface area contributed by atoms with Gasteiger partial charge < -0.3 is 10.1 Å². The van der Waals surface area contributed by atoms with Gasteiger partial charge in [0.25, 0.3) is 0 Å². The number of carbonyl (C=O) groups is 1. The molecule has 0 radical (unpaired) electrons. The van der Waals surface area contributed by atoms with Crippen LogP contribution in [0.15, 0.2) is 60.1 Å². The van der Waals surface area contributed by atoms with Gasteiger partial charge in [-0.25, -0.2) is 9.78 Å². The van der Waals surface area contributed by atoms with Crippen molar-refractivity contribution in [1.82, 2.24) is 9.97 Å². The molecule has 0 bridgehead atoms. The summed E-state index contributed by atoms with van der Waals surface area (Å²) in [6, 6.07) is 14.3. The van der Waals surface area contributed by atoms with Crippen molar-refractivity contribution in [2.24, 2.45) is 0 Å². The van der Waals surface area contributed by atoms with Gasteiger partial charge in [-0.3, -0.25) is 0 Å². The Balaban J connectivity index is 1.67. The number of rotatable bonds is 4. The number of hydrogen-bond acceptors (Lipinski definition) is 6. The molecular formula is C15H11N3O2S. The van der Waals surface area contributed by atoms with E-state index in [1.54, 1.807) is 35.8 Å². The minimum absolute atomic E-state index is 0.271. The van der Waals surface area contributed by atoms with Gasteiger partial charge in [-0.1, -0.05) is 24.3 Å². The number of anilines is 2. The lowest BCUT2D eigenvalue weighted by Crippen LogP contribution is -2.08. The fourth-order valence-electron chi connectivity index (χ4n) is 1.64. The van der Waals surface area contributed by atoms with Crippen LogP contribution >= 0.6 is 11.3 Å². The summed E-state index contributed by atoms with van der Waals surface area (Å²) in [6.45, 7) is 0. The monoisotopic (exact) mass is 297 g/mol. The molecule has 1 aromatic carbocycles. The van der Waals surface area contributed by atoms with Crippen molar-refractivity contribution in [2.45, 2.75) is 0 Å². The molecule has 6 heteroatoms. The van der Waals surface area contributed by atoms with Gasteiger partial charge in [-0.15, -0.1) is 11.3 Å². The molecule has 2 heterocycles. The van der Waals surface area contributed by atoms with Crippen molar-refractivity contribution in [2.75, 3.05) is 5.32 Å². The molecule has 104 valence electrons. The Morgan fingerprint density at radius 1 is 1.10 bits per heavy atom. The zero-order valence-electron chi connectivity index (χ0n) is 10.9. The summed E-state index contributed by atoms with van der Waals surface area (Å²) in [5.41, 5.74) is 0.490. The number of pyridine rings is 1. The number of hydrogen-bond donors (Lipinski definition) is 1. The minimum Gasteiger partial charge on any atom is -0.403 e. The average molecular weight is 297 g/mol. The van der Waals surface area contributed by atoms with E-state index in [0.29, 0.717) is 16.5 Å². The first kappa shape index (κ1) is 13.3. The van der Waals surface area contributed by atoms with Crippen molar-refractivity contribution < 1.29 is 9.53 Å². The molecule has 0 saturated heterocycles. The smallest absolute Gasteiger partial charge is 0.344 e. The molecular weight excluding hydrogens is 286 g/mol. The quantitative estimate of drug-likeness (QED) is 0.747. The van der Waals surface area contributed by atoms with Crippen LogP contribution in [0.5, 0.6) is 5.88 Å². The van der Waals surface area contributed by atoms with Crippen molar-refractivity contribution in [3.63, 3.8) is 0 Å². The lowest BCUT2D eigenvalue weighted by atomic mass is 10.2. The van der Waals surface area contributed by atoms with Crippen LogP contribution in [0.1, 0.15) is 10.4 Å². The van der Waals surface area contributed by atoms with Gasteiger partial charge in [0.15, 0.2) is 5.13 Å². The summed E-state index contributed by atoms with van der Waals surface area (Å²) >= 11 is 1.34. The SMILES string of the molecule is O=C(Oc1csc(Nc2ccccn2)n1)c1ccccc1. The second kappa shape index (κ2) is 6.15. The number of benzene rings is 1. The highest BCUT2D eigenvalue weighted by Gasteiger charge is 2.11. The zero-order chi connectivity index (χ0) is 14.5. The Labute approximate surface area is 125 Å². The molecule has 0 atom stereocenters. The maximum atomic E-state index is 11.9. The van der Waals surface area contributed by atoms with Gasteiger partial charge in [0, 0.05) is 6.20 Å². The average Bonchev–Trinajstić information content (AvgIpc) is 2.96. The zero-order valence-corrected chi connectivity index (χ0v) is 11.7. The summed E-state index contributed by atoms with van der Waals surface area (Å²) in [5, 5.41) is 5.33. The van der Waals surface area contributed by atoms with Gasteiger partial charge in [0.1, 0.15) is 5.82 Å². The second-order valence-corrected chi connectivity index (χ2v) is 4.94. The van der Waals surface area contributed by atoms with Gasteiger partial charge in [-0.05, 0) is 24.3 Å². The molecule has 3 rings (SSSR count). The molecule has 1 N–H and O–H groups in total. The van der Waals surface area contributed by atoms with E-state index in [4.69, 9.17) is 4.74 Å². The number of esters is 1. The predicted octanol–water partition coefficient (Wildman–Crippen LogP) is 3.50. The molecule has 3 aromatic rings. The highest BCUT2D eigenvalue weighted by Crippen LogP contribution is 2.24. The molecule has 0 spiro atoms. The third-order valence-corrected chi connectivity index (χ3v) is 3.33. The van der Waals surface area contributed by atoms with E-state index in [1.807, 2.05) is 24.3 Å². The van der Waals surface area contributed by atoms with E-state index in [1.165, 1.54) is 11.3 Å². The van der Waals surface area contributed by atoms with Gasteiger partial charge >= 0.3 is 5.97 Å². The highest BCUT2D eigenvalue weighted by molar-refractivity contribution is 7.14. The maximum Gasteiger partial charge on any atom is 0.344 e. The van der Waals surface area contributed by atoms with Crippen molar-refractivity contribution in [3.05, 3.63) is 65.7 Å². The Bertz CT molecular complexity index is 729. The molecule has 0 aliphatic carbocycles. The van der Waals surface area contributed by atoms with E-state index in [-0.39, 0.29) is 5.88 Å². The normalized spacial score (nSPS) is 10.1. The second-order valence-electron chi connectivity index (χ2n) is 4.09. The Morgan fingerprint density at radius 2 is 1.90 bits per heavy atom. The van der Waals surface area contributed by atoms with Crippen molar-refractivity contribution in [3.8, 4) is 5.88 Å². The van der Waals surface area contributed by atoms with Crippen LogP contribution in [0.2, 0.25) is 0 Å². The summed E-state index contributed by atoms with van der Waals surface area (Å²) < 4.78 is 5.22. The number of nitrogens with one attached hydrogen (secondary N) is 1. The maximum absolute atomic E-state index is 11.9. The lowest BCUT2D eigenvalue weighted by Gasteiger charge is -2.01. The molecule has 0 unspecified atom stereocenters. The molecule has 0 saturated carbocycles. The van der Waals surface area contributed by atoms with Crippen LogP contribution in [0.3, 0.4) is 0 Å². The van der Waals surface area contributed by atoms with Crippen LogP contribution in [0.4, 0.5) is 10.9 Å². The van der Waals surface area contributed by atoms with Crippen LogP contribution < -0.4 is 10.1 Å². The van der Waals surface area contributed by atoms with E-state index in [2.05, 4.69) is 15.3 Å². The number of nitrogens with zero attached hydrogens (tertiary/aromatic N) is 2. The van der Waals surface area contributed by atoms with Crippen LogP contribution in [0.25, 0.3) is 0 Å². The van der Waals surface area contributed by atoms with Crippen molar-refractivity contribution >= 4 is 28.3 Å². The summed E-state index contributed by atoms with van der Waals surface area (Å²) in [6.07, 6.45) is 1.69. The number of ether oxygens (including phenoxy) is 1. The predicted molar refractivity (Wildman–Crippen MR) is 81.0 cm³/mol. The fraction of sp³-hybridized carbons (Fsp3) is 0. The fourth-order valence-corrected chi connectivity index (χ4v) is 2.26. The van der Waals surface area contributed by atoms with Crippen molar-refractivity contribution in [1.29, 1.82) is 0 Å². The van der Waals surface area contributed by atoms with Crippen LogP contribution in [0, 0.1) is 0 Å². The largest absolute Gasteiger partial charge is 0.403 e. The lowest BCUT2D eigenvalue weighted by molar-refractivity contribution is 0.0729. The Kier molecular flexibility index (Phi) is 3.88. The molecule has 5 nitrogen and oxygen atoms in total. The van der Waals surface area contributed by atoms with Gasteiger partial charge in [-0.2, -0.15) is 4.98 Å². The number of aromatic nitrogens is 2. The third kappa shape index (κ3) is 3.43. The van der Waals surface area contributed by atoms with Gasteiger partial charge in [0.05, 0.1) is 10.9 Å². The van der Waals surface area contributed by atoms with Gasteiger partial charge in [0.2, 0.25) is 5.88 Å². The number of carbonyl (C=O) groups excluding carboxylic acids is 1. The molecule has 0 aliphatic rings. The first-order valence-corrected chi connectivity index (χ1v) is 7.10. The molecule has 0 fully saturated rings. The van der Waals surface area contributed by atoms with Crippen LogP contribution in [-0.4, -0.2) is 15.9 Å². The standard InChI is InChI=1S/C15H11N3O2S/c19-14(11-6-2-1-3-7-11)20-13-10-21-15(18-13)17-12-8-4-5-9-16-12/h1-10H,(H,16,17,18). The van der Waals surface area contributed by atoms with E-state index in [9.17, 15) is 4.79 Å². The van der Waals surface area contributed by atoms with Crippen LogP contribution in [-0.2, 0) is 0 Å². The highest BCUT2D eigenvalue weighted by atomic mass is 32.1. The first-order chi connectivity index (χ1) is 10.3. The van der Waals surface area contributed by atoms with E-state index >= 15 is 0 Å². The molecule has 21 heavy (non-hydrogen) atoms. The third-order valence-electron chi connectivity index (χ3n) is 2.59. The molecule has 0 amide bonds. The Morgan fingerprint density at radius 3 is 2.67 bits per heavy atom. The molecule has 0 aliphatic heterocycles. The Hall–Kier alpha value is -2.73. The summed E-state index contributed by atoms with van der Waals surface area (Å²) in [4.78, 5) is 20.2. The van der Waals surface area contributed by atoms with E-state index < -0.39 is 5.97 Å².